The minimum absolute atomic E-state index is 0.0664. The maximum Gasteiger partial charge on any atom is 0.273 e. The van der Waals surface area contributed by atoms with Gasteiger partial charge in [-0.15, -0.1) is 0 Å². The lowest BCUT2D eigenvalue weighted by atomic mass is 9.92. The number of hydrogen-bond donors (Lipinski definition) is 6. The monoisotopic (exact) mass is 638 g/mol. The van der Waals surface area contributed by atoms with E-state index in [1.165, 1.54) is 12.1 Å². The topological polar surface area (TPSA) is 157 Å². The Morgan fingerprint density at radius 3 is 1.46 bits per heavy atom. The Morgan fingerprint density at radius 1 is 0.565 bits per heavy atom. The summed E-state index contributed by atoms with van der Waals surface area (Å²) in [4.78, 5) is 51.3. The van der Waals surface area contributed by atoms with Crippen LogP contribution in [0, 0.1) is 11.8 Å². The molecule has 0 heterocycles. The third-order valence-corrected chi connectivity index (χ3v) is 8.40. The summed E-state index contributed by atoms with van der Waals surface area (Å²) in [7, 11) is 0. The summed E-state index contributed by atoms with van der Waals surface area (Å²) in [6.07, 6.45) is 10.9. The molecule has 10 nitrogen and oxygen atoms in total. The Labute approximate surface area is 274 Å². The molecule has 0 radical (unpaired) electrons. The number of carbonyl (C=O) groups is 4. The molecular formula is C36H54N4O6. The van der Waals surface area contributed by atoms with Crippen LogP contribution in [0.4, 0.5) is 0 Å². The SMILES string of the molecule is CCCCCc1cccc(C(=O)NNC(=O)C(CC)CCCC(CCC)C(=O)NNC(=O)c2cccc(CCCCC)c2O)c1O. The first-order valence-electron chi connectivity index (χ1n) is 17.0. The smallest absolute Gasteiger partial charge is 0.273 e. The number of phenols is 2. The van der Waals surface area contributed by atoms with E-state index in [4.69, 9.17) is 0 Å². The number of carbonyl (C=O) groups excluding carboxylic acids is 4. The van der Waals surface area contributed by atoms with Gasteiger partial charge in [-0.3, -0.25) is 40.9 Å². The van der Waals surface area contributed by atoms with Crippen molar-refractivity contribution in [3.8, 4) is 11.5 Å². The number of nitrogens with one attached hydrogen (secondary N) is 4. The van der Waals surface area contributed by atoms with Crippen LogP contribution in [0.15, 0.2) is 36.4 Å². The van der Waals surface area contributed by atoms with E-state index in [1.54, 1.807) is 24.3 Å². The summed E-state index contributed by atoms with van der Waals surface area (Å²) >= 11 is 0. The number of para-hydroxylation sites is 2. The van der Waals surface area contributed by atoms with Crippen LogP contribution in [-0.4, -0.2) is 33.8 Å². The second-order valence-electron chi connectivity index (χ2n) is 11.9. The lowest BCUT2D eigenvalue weighted by molar-refractivity contribution is -0.126. The Kier molecular flexibility index (Phi) is 17.3. The number of benzene rings is 2. The number of aryl methyl sites for hydroxylation is 2. The average Bonchev–Trinajstić information content (AvgIpc) is 3.05. The highest BCUT2D eigenvalue weighted by molar-refractivity contribution is 5.99. The predicted octanol–water partition coefficient (Wildman–Crippen LogP) is 6.40. The summed E-state index contributed by atoms with van der Waals surface area (Å²) in [5, 5.41) is 21.2. The Hall–Kier alpha value is -4.08. The van der Waals surface area contributed by atoms with Crippen LogP contribution in [0.1, 0.15) is 137 Å². The minimum Gasteiger partial charge on any atom is -0.507 e. The van der Waals surface area contributed by atoms with E-state index in [2.05, 4.69) is 35.6 Å². The fourth-order valence-electron chi connectivity index (χ4n) is 5.55. The maximum atomic E-state index is 13.0. The largest absolute Gasteiger partial charge is 0.507 e. The van der Waals surface area contributed by atoms with Crippen LogP contribution >= 0.6 is 0 Å². The highest BCUT2D eigenvalue weighted by Gasteiger charge is 2.23. The number of rotatable bonds is 19. The molecule has 46 heavy (non-hydrogen) atoms. The molecule has 0 bridgehead atoms. The molecule has 4 amide bonds. The first-order valence-corrected chi connectivity index (χ1v) is 17.0. The van der Waals surface area contributed by atoms with Gasteiger partial charge in [-0.05, 0) is 74.6 Å². The number of hydrogen-bond acceptors (Lipinski definition) is 6. The van der Waals surface area contributed by atoms with Crippen LogP contribution in [0.2, 0.25) is 0 Å². The van der Waals surface area contributed by atoms with E-state index >= 15 is 0 Å². The molecule has 254 valence electrons. The molecule has 2 atom stereocenters. The van der Waals surface area contributed by atoms with Crippen LogP contribution in [0.3, 0.4) is 0 Å². The molecular weight excluding hydrogens is 584 g/mol. The standard InChI is InChI=1S/C36H54N4O6/c1-5-9-11-17-26-20-14-23-29(31(26)41)35(45)39-37-33(43)25(8-4)19-13-22-28(16-7-3)34(44)38-40-36(46)30-24-15-21-27(32(30)42)18-12-10-6-2/h14-15,20-21,23-25,28,41-42H,5-13,16-19,22H2,1-4H3,(H,37,43)(H,38,44)(H,39,45)(H,40,46). The predicted molar refractivity (Wildman–Crippen MR) is 180 cm³/mol. The molecule has 0 aliphatic carbocycles. The van der Waals surface area contributed by atoms with Crippen molar-refractivity contribution in [1.82, 2.24) is 21.7 Å². The number of hydrazine groups is 2. The molecule has 10 heteroatoms. The third-order valence-electron chi connectivity index (χ3n) is 8.40. The highest BCUT2D eigenvalue weighted by Crippen LogP contribution is 2.26. The van der Waals surface area contributed by atoms with Crippen molar-refractivity contribution in [2.45, 2.75) is 118 Å². The van der Waals surface area contributed by atoms with E-state index in [-0.39, 0.29) is 46.3 Å². The third kappa shape index (κ3) is 12.0. The molecule has 2 aromatic rings. The Bertz CT molecular complexity index is 1280. The minimum atomic E-state index is -0.587. The van der Waals surface area contributed by atoms with Gasteiger partial charge in [0.05, 0.1) is 11.1 Å². The summed E-state index contributed by atoms with van der Waals surface area (Å²) in [6.45, 7) is 8.06. The zero-order valence-corrected chi connectivity index (χ0v) is 28.0. The zero-order chi connectivity index (χ0) is 33.9. The van der Waals surface area contributed by atoms with Gasteiger partial charge in [-0.25, -0.2) is 0 Å². The summed E-state index contributed by atoms with van der Waals surface area (Å²) < 4.78 is 0. The lowest BCUT2D eigenvalue weighted by Crippen LogP contribution is -2.45. The van der Waals surface area contributed by atoms with Crippen molar-refractivity contribution >= 4 is 23.6 Å². The van der Waals surface area contributed by atoms with Crippen molar-refractivity contribution in [2.24, 2.45) is 11.8 Å². The van der Waals surface area contributed by atoms with Crippen molar-refractivity contribution in [3.63, 3.8) is 0 Å². The van der Waals surface area contributed by atoms with E-state index in [0.717, 1.165) is 44.9 Å². The molecule has 2 rings (SSSR count). The van der Waals surface area contributed by atoms with Crippen LogP contribution in [0.5, 0.6) is 11.5 Å². The van der Waals surface area contributed by atoms with Gasteiger partial charge in [0.2, 0.25) is 11.8 Å². The lowest BCUT2D eigenvalue weighted by Gasteiger charge is -2.19. The molecule has 2 unspecified atom stereocenters. The molecule has 0 aromatic heterocycles. The summed E-state index contributed by atoms with van der Waals surface area (Å²) in [5.74, 6) is -2.72. The van der Waals surface area contributed by atoms with Gasteiger partial charge in [-0.2, -0.15) is 0 Å². The Balaban J connectivity index is 1.87. The number of amides is 4. The van der Waals surface area contributed by atoms with Crippen molar-refractivity contribution in [3.05, 3.63) is 58.7 Å². The van der Waals surface area contributed by atoms with E-state index in [9.17, 15) is 29.4 Å². The van der Waals surface area contributed by atoms with Crippen LogP contribution in [-0.2, 0) is 22.4 Å². The number of phenolic OH excluding ortho intramolecular Hbond substituents is 2. The first kappa shape index (κ1) is 38.1. The molecule has 2 aromatic carbocycles. The molecule has 0 aliphatic rings. The van der Waals surface area contributed by atoms with Gasteiger partial charge in [0.15, 0.2) is 0 Å². The van der Waals surface area contributed by atoms with E-state index in [1.807, 2.05) is 13.8 Å². The van der Waals surface area contributed by atoms with Crippen molar-refractivity contribution in [1.29, 1.82) is 0 Å². The fourth-order valence-corrected chi connectivity index (χ4v) is 5.55. The van der Waals surface area contributed by atoms with Gasteiger partial charge >= 0.3 is 0 Å². The second-order valence-corrected chi connectivity index (χ2v) is 11.9. The molecule has 0 saturated heterocycles. The second kappa shape index (κ2) is 20.9. The molecule has 6 N–H and O–H groups in total. The van der Waals surface area contributed by atoms with Crippen molar-refractivity contribution < 1.29 is 29.4 Å². The van der Waals surface area contributed by atoms with Gasteiger partial charge in [0, 0.05) is 11.8 Å². The zero-order valence-electron chi connectivity index (χ0n) is 28.0. The van der Waals surface area contributed by atoms with Gasteiger partial charge in [0.25, 0.3) is 11.8 Å². The Morgan fingerprint density at radius 2 is 1.02 bits per heavy atom. The van der Waals surface area contributed by atoms with Gasteiger partial charge in [-0.1, -0.05) is 90.5 Å². The normalized spacial score (nSPS) is 12.2. The molecule has 0 spiro atoms. The van der Waals surface area contributed by atoms with Gasteiger partial charge < -0.3 is 10.2 Å². The summed E-state index contributed by atoms with van der Waals surface area (Å²) in [6, 6.07) is 10.1. The molecule has 0 aliphatic heterocycles. The first-order chi connectivity index (χ1) is 22.2. The quantitative estimate of drug-likeness (QED) is 0.0773. The fraction of sp³-hybridized carbons (Fsp3) is 0.556. The molecule has 0 fully saturated rings. The number of aromatic hydroxyl groups is 2. The van der Waals surface area contributed by atoms with E-state index < -0.39 is 11.8 Å². The molecule has 0 saturated carbocycles. The maximum absolute atomic E-state index is 13.0. The van der Waals surface area contributed by atoms with Crippen molar-refractivity contribution in [2.75, 3.05) is 0 Å². The van der Waals surface area contributed by atoms with E-state index in [0.29, 0.717) is 56.1 Å². The number of unbranched alkanes of at least 4 members (excludes halogenated alkanes) is 4. The van der Waals surface area contributed by atoms with Crippen LogP contribution in [0.25, 0.3) is 0 Å². The highest BCUT2D eigenvalue weighted by atomic mass is 16.3. The average molecular weight is 639 g/mol. The summed E-state index contributed by atoms with van der Waals surface area (Å²) in [5.41, 5.74) is 11.5. The van der Waals surface area contributed by atoms with Crippen LogP contribution < -0.4 is 21.7 Å². The van der Waals surface area contributed by atoms with Gasteiger partial charge in [0.1, 0.15) is 11.5 Å².